The Hall–Kier alpha value is -2.37. The van der Waals surface area contributed by atoms with E-state index in [-0.39, 0.29) is 30.3 Å². The van der Waals surface area contributed by atoms with Crippen molar-refractivity contribution in [3.8, 4) is 0 Å². The summed E-state index contributed by atoms with van der Waals surface area (Å²) in [5.41, 5.74) is 1.57. The Bertz CT molecular complexity index is 650. The molecule has 1 aromatic rings. The van der Waals surface area contributed by atoms with Crippen LogP contribution in [0.2, 0.25) is 0 Å². The molecule has 6 heteroatoms. The maximum Gasteiger partial charge on any atom is 0.309 e. The van der Waals surface area contributed by atoms with Gasteiger partial charge in [-0.3, -0.25) is 14.4 Å². The fourth-order valence-electron chi connectivity index (χ4n) is 3.01. The van der Waals surface area contributed by atoms with Gasteiger partial charge in [0.05, 0.1) is 5.92 Å². The number of nitrogens with zero attached hydrogens (tertiary/aromatic N) is 1. The van der Waals surface area contributed by atoms with Gasteiger partial charge in [-0.1, -0.05) is 19.1 Å². The molecule has 0 unspecified atom stereocenters. The van der Waals surface area contributed by atoms with Gasteiger partial charge in [-0.15, -0.1) is 0 Å². The number of hydrogen-bond acceptors (Lipinski definition) is 4. The first-order chi connectivity index (χ1) is 12.0. The lowest BCUT2D eigenvalue weighted by molar-refractivity contribution is -0.150. The molecule has 1 heterocycles. The quantitative estimate of drug-likeness (QED) is 0.798. The zero-order valence-electron chi connectivity index (χ0n) is 14.5. The normalized spacial score (nSPS) is 21.7. The first-order valence-electron chi connectivity index (χ1n) is 8.86. The fraction of sp³-hybridized carbons (Fsp3) is 0.526. The molecule has 0 radical (unpaired) electrons. The van der Waals surface area contributed by atoms with Gasteiger partial charge in [0.1, 0.15) is 0 Å². The van der Waals surface area contributed by atoms with Crippen molar-refractivity contribution in [1.82, 2.24) is 10.2 Å². The van der Waals surface area contributed by atoms with E-state index in [1.54, 1.807) is 12.1 Å². The number of esters is 1. The second-order valence-corrected chi connectivity index (χ2v) is 6.90. The molecule has 1 saturated carbocycles. The minimum atomic E-state index is -0.320. The smallest absolute Gasteiger partial charge is 0.309 e. The van der Waals surface area contributed by atoms with E-state index in [9.17, 15) is 14.4 Å². The zero-order valence-corrected chi connectivity index (χ0v) is 14.5. The van der Waals surface area contributed by atoms with Crippen molar-refractivity contribution in [3.63, 3.8) is 0 Å². The summed E-state index contributed by atoms with van der Waals surface area (Å²) in [6, 6.07) is 7.25. The molecule has 3 rings (SSSR count). The summed E-state index contributed by atoms with van der Waals surface area (Å²) < 4.78 is 4.99. The van der Waals surface area contributed by atoms with Crippen LogP contribution in [0.4, 0.5) is 0 Å². The molecule has 1 saturated heterocycles. The van der Waals surface area contributed by atoms with Crippen LogP contribution in [0.1, 0.15) is 42.1 Å². The summed E-state index contributed by atoms with van der Waals surface area (Å²) in [6.07, 6.45) is 2.99. The van der Waals surface area contributed by atoms with E-state index in [0.717, 1.165) is 37.9 Å². The predicted octanol–water partition coefficient (Wildman–Crippen LogP) is 1.74. The molecule has 1 aliphatic carbocycles. The highest BCUT2D eigenvalue weighted by Crippen LogP contribution is 2.38. The molecule has 2 fully saturated rings. The number of rotatable bonds is 6. The summed E-state index contributed by atoms with van der Waals surface area (Å²) in [5.74, 6) is -0.202. The molecule has 0 bridgehead atoms. The molecule has 25 heavy (non-hydrogen) atoms. The Kier molecular flexibility index (Phi) is 5.36. The van der Waals surface area contributed by atoms with Gasteiger partial charge in [-0.2, -0.15) is 0 Å². The molecule has 2 aliphatic rings. The molecule has 2 amide bonds. The number of carbonyl (C=O) groups is 3. The van der Waals surface area contributed by atoms with Crippen LogP contribution in [0, 0.1) is 11.8 Å². The van der Waals surface area contributed by atoms with Crippen molar-refractivity contribution < 1.29 is 19.1 Å². The van der Waals surface area contributed by atoms with Crippen molar-refractivity contribution in [3.05, 3.63) is 35.4 Å². The van der Waals surface area contributed by atoms with E-state index >= 15 is 0 Å². The van der Waals surface area contributed by atoms with Gasteiger partial charge < -0.3 is 15.0 Å². The van der Waals surface area contributed by atoms with E-state index in [1.165, 1.54) is 0 Å². The minimum absolute atomic E-state index is 0.0338. The van der Waals surface area contributed by atoms with Crippen LogP contribution in [0.25, 0.3) is 0 Å². The first kappa shape index (κ1) is 17.5. The van der Waals surface area contributed by atoms with Gasteiger partial charge in [0.2, 0.25) is 0 Å². The second-order valence-electron chi connectivity index (χ2n) is 6.90. The molecule has 6 nitrogen and oxygen atoms in total. The topological polar surface area (TPSA) is 75.7 Å². The van der Waals surface area contributed by atoms with E-state index in [4.69, 9.17) is 4.74 Å². The van der Waals surface area contributed by atoms with E-state index < -0.39 is 0 Å². The third-order valence-electron chi connectivity index (χ3n) is 4.84. The molecular formula is C19H24N2O4. The summed E-state index contributed by atoms with van der Waals surface area (Å²) >= 11 is 0. The van der Waals surface area contributed by atoms with Gasteiger partial charge >= 0.3 is 5.97 Å². The van der Waals surface area contributed by atoms with Crippen molar-refractivity contribution in [2.24, 2.45) is 11.8 Å². The Morgan fingerprint density at radius 3 is 2.40 bits per heavy atom. The number of carbonyl (C=O) groups excluding carboxylic acids is 3. The zero-order chi connectivity index (χ0) is 17.8. The molecule has 1 N–H and O–H groups in total. The van der Waals surface area contributed by atoms with E-state index in [2.05, 4.69) is 5.32 Å². The van der Waals surface area contributed by atoms with E-state index in [1.807, 2.05) is 24.0 Å². The van der Waals surface area contributed by atoms with Crippen LogP contribution >= 0.6 is 0 Å². The number of ether oxygens (including phenoxy) is 1. The Morgan fingerprint density at radius 1 is 1.16 bits per heavy atom. The third kappa shape index (κ3) is 4.59. The SMILES string of the molecule is C[C@@H]1C[C@@H]1C(=O)OCC(=O)NCc1ccc(C(=O)N2CCCC2)cc1. The Balaban J connectivity index is 1.41. The van der Waals surface area contributed by atoms with Gasteiger partial charge in [0.25, 0.3) is 11.8 Å². The van der Waals surface area contributed by atoms with Crippen molar-refractivity contribution >= 4 is 17.8 Å². The number of nitrogens with one attached hydrogen (secondary N) is 1. The third-order valence-corrected chi connectivity index (χ3v) is 4.84. The lowest BCUT2D eigenvalue weighted by atomic mass is 10.1. The van der Waals surface area contributed by atoms with Crippen LogP contribution in [0.3, 0.4) is 0 Å². The average molecular weight is 344 g/mol. The molecule has 0 spiro atoms. The number of benzene rings is 1. The van der Waals surface area contributed by atoms with E-state index in [0.29, 0.717) is 18.0 Å². The fourth-order valence-corrected chi connectivity index (χ4v) is 3.01. The van der Waals surface area contributed by atoms with Crippen LogP contribution in [0.5, 0.6) is 0 Å². The first-order valence-corrected chi connectivity index (χ1v) is 8.86. The molecule has 134 valence electrons. The maximum absolute atomic E-state index is 12.3. The lowest BCUT2D eigenvalue weighted by Crippen LogP contribution is -2.29. The largest absolute Gasteiger partial charge is 0.455 e. The number of amides is 2. The molecule has 1 aliphatic heterocycles. The number of hydrogen-bond donors (Lipinski definition) is 1. The van der Waals surface area contributed by atoms with Gasteiger partial charge in [0.15, 0.2) is 6.61 Å². The van der Waals surface area contributed by atoms with Crippen molar-refractivity contribution in [2.75, 3.05) is 19.7 Å². The molecule has 1 aromatic carbocycles. The highest BCUT2D eigenvalue weighted by molar-refractivity contribution is 5.94. The highest BCUT2D eigenvalue weighted by Gasteiger charge is 2.40. The van der Waals surface area contributed by atoms with Crippen LogP contribution in [0.15, 0.2) is 24.3 Å². The highest BCUT2D eigenvalue weighted by atomic mass is 16.5. The van der Waals surface area contributed by atoms with Crippen molar-refractivity contribution in [2.45, 2.75) is 32.7 Å². The van der Waals surface area contributed by atoms with Crippen LogP contribution < -0.4 is 5.32 Å². The van der Waals surface area contributed by atoms with Gasteiger partial charge in [-0.05, 0) is 42.9 Å². The summed E-state index contributed by atoms with van der Waals surface area (Å²) in [7, 11) is 0. The minimum Gasteiger partial charge on any atom is -0.455 e. The summed E-state index contributed by atoms with van der Waals surface area (Å²) in [5, 5.41) is 2.72. The van der Waals surface area contributed by atoms with Gasteiger partial charge in [0, 0.05) is 25.2 Å². The summed E-state index contributed by atoms with van der Waals surface area (Å²) in [4.78, 5) is 37.4. The van der Waals surface area contributed by atoms with Gasteiger partial charge in [-0.25, -0.2) is 0 Å². The monoisotopic (exact) mass is 344 g/mol. The number of likely N-dealkylation sites (tertiary alicyclic amines) is 1. The maximum atomic E-state index is 12.3. The Labute approximate surface area is 147 Å². The average Bonchev–Trinajstić information content (AvgIpc) is 3.12. The predicted molar refractivity (Wildman–Crippen MR) is 91.7 cm³/mol. The Morgan fingerprint density at radius 2 is 1.80 bits per heavy atom. The second kappa shape index (κ2) is 7.68. The summed E-state index contributed by atoms with van der Waals surface area (Å²) in [6.45, 7) is 3.75. The van der Waals surface area contributed by atoms with Crippen LogP contribution in [-0.4, -0.2) is 42.4 Å². The molecule has 2 atom stereocenters. The standard InChI is InChI=1S/C19H24N2O4/c1-13-10-16(13)19(24)25-12-17(22)20-11-14-4-6-15(7-5-14)18(23)21-8-2-3-9-21/h4-7,13,16H,2-3,8-12H2,1H3,(H,20,22)/t13-,16+/m1/s1. The molecular weight excluding hydrogens is 320 g/mol. The lowest BCUT2D eigenvalue weighted by Gasteiger charge is -2.15. The molecule has 0 aromatic heterocycles. The van der Waals surface area contributed by atoms with Crippen molar-refractivity contribution in [1.29, 1.82) is 0 Å². The van der Waals surface area contributed by atoms with Crippen LogP contribution in [-0.2, 0) is 20.9 Å².